The first-order valence-corrected chi connectivity index (χ1v) is 5.54. The molecule has 3 nitrogen and oxygen atoms in total. The smallest absolute Gasteiger partial charge is 0.434 e. The van der Waals surface area contributed by atoms with E-state index < -0.39 is 23.6 Å². The molecular weight excluding hydrogens is 259 g/mol. The predicted molar refractivity (Wildman–Crippen MR) is 65.3 cm³/mol. The summed E-state index contributed by atoms with van der Waals surface area (Å²) >= 11 is 0. The van der Waals surface area contributed by atoms with Gasteiger partial charge in [-0.25, -0.2) is 4.79 Å². The van der Waals surface area contributed by atoms with Crippen LogP contribution in [-0.4, -0.2) is 23.6 Å². The third kappa shape index (κ3) is 5.11. The highest BCUT2D eigenvalue weighted by molar-refractivity contribution is 6.08. The molecule has 0 unspecified atom stereocenters. The van der Waals surface area contributed by atoms with E-state index >= 15 is 0 Å². The van der Waals surface area contributed by atoms with Crippen LogP contribution in [0.5, 0.6) is 0 Å². The van der Waals surface area contributed by atoms with Crippen molar-refractivity contribution in [1.82, 2.24) is 0 Å². The zero-order valence-corrected chi connectivity index (χ0v) is 10.8. The Labute approximate surface area is 109 Å². The van der Waals surface area contributed by atoms with Crippen molar-refractivity contribution in [2.75, 3.05) is 0 Å². The molecule has 0 radical (unpaired) electrons. The normalized spacial score (nSPS) is 13.3. The Kier molecular flexibility index (Phi) is 4.34. The molecule has 1 amide bonds. The van der Waals surface area contributed by atoms with Gasteiger partial charge in [-0.2, -0.15) is 18.2 Å². The number of hydrogen-bond donors (Lipinski definition) is 0. The van der Waals surface area contributed by atoms with Crippen molar-refractivity contribution in [1.29, 1.82) is 0 Å². The van der Waals surface area contributed by atoms with E-state index in [0.29, 0.717) is 0 Å². The van der Waals surface area contributed by atoms with Gasteiger partial charge in [-0.15, -0.1) is 0 Å². The zero-order valence-electron chi connectivity index (χ0n) is 10.8. The van der Waals surface area contributed by atoms with Gasteiger partial charge in [0.15, 0.2) is 5.71 Å². The molecule has 0 spiro atoms. The molecule has 1 aromatic carbocycles. The average Bonchev–Trinajstić information content (AvgIpc) is 2.23. The van der Waals surface area contributed by atoms with Crippen LogP contribution < -0.4 is 0 Å². The number of carbonyl (C=O) groups excluding carboxylic acids is 1. The third-order valence-electron chi connectivity index (χ3n) is 1.91. The minimum atomic E-state index is -4.72. The van der Waals surface area contributed by atoms with Crippen LogP contribution in [0.1, 0.15) is 26.3 Å². The van der Waals surface area contributed by atoms with Gasteiger partial charge in [0.25, 0.3) is 0 Å². The van der Waals surface area contributed by atoms with Crippen molar-refractivity contribution >= 4 is 11.8 Å². The number of carbonyl (C=O) groups is 1. The van der Waals surface area contributed by atoms with Gasteiger partial charge >= 0.3 is 12.3 Å². The molecule has 0 saturated heterocycles. The van der Waals surface area contributed by atoms with Gasteiger partial charge in [0.1, 0.15) is 5.60 Å². The minimum Gasteiger partial charge on any atom is -0.442 e. The maximum Gasteiger partial charge on any atom is 0.434 e. The molecule has 0 N–H and O–H groups in total. The summed E-state index contributed by atoms with van der Waals surface area (Å²) < 4.78 is 43.3. The lowest BCUT2D eigenvalue weighted by atomic mass is 10.1. The first-order chi connectivity index (χ1) is 8.59. The number of amides is 1. The predicted octanol–water partition coefficient (Wildman–Crippen LogP) is 3.97. The molecule has 0 aromatic heterocycles. The maximum atomic E-state index is 12.9. The topological polar surface area (TPSA) is 38.7 Å². The van der Waals surface area contributed by atoms with E-state index in [9.17, 15) is 18.0 Å². The average molecular weight is 273 g/mol. The van der Waals surface area contributed by atoms with E-state index in [1.807, 2.05) is 0 Å². The largest absolute Gasteiger partial charge is 0.442 e. The van der Waals surface area contributed by atoms with E-state index in [2.05, 4.69) is 4.99 Å². The fourth-order valence-corrected chi connectivity index (χ4v) is 1.26. The maximum absolute atomic E-state index is 12.9. The molecule has 0 heterocycles. The van der Waals surface area contributed by atoms with Crippen molar-refractivity contribution in [3.8, 4) is 0 Å². The lowest BCUT2D eigenvalue weighted by Gasteiger charge is -2.18. The van der Waals surface area contributed by atoms with Crippen molar-refractivity contribution in [2.24, 2.45) is 4.99 Å². The molecule has 0 saturated carbocycles. The molecule has 0 aliphatic carbocycles. The van der Waals surface area contributed by atoms with Gasteiger partial charge in [0.05, 0.1) is 0 Å². The second-order valence-corrected chi connectivity index (χ2v) is 4.80. The van der Waals surface area contributed by atoms with Crippen LogP contribution in [0.2, 0.25) is 0 Å². The Balaban J connectivity index is 3.10. The van der Waals surface area contributed by atoms with Crippen LogP contribution in [0, 0.1) is 0 Å². The second kappa shape index (κ2) is 5.42. The molecule has 0 atom stereocenters. The quantitative estimate of drug-likeness (QED) is 0.726. The fourth-order valence-electron chi connectivity index (χ4n) is 1.26. The fraction of sp³-hybridized carbons (Fsp3) is 0.385. The van der Waals surface area contributed by atoms with Gasteiger partial charge in [-0.05, 0) is 20.8 Å². The van der Waals surface area contributed by atoms with Crippen LogP contribution in [0.3, 0.4) is 0 Å². The molecule has 19 heavy (non-hydrogen) atoms. The number of nitrogens with zero attached hydrogens (tertiary/aromatic N) is 1. The van der Waals surface area contributed by atoms with Gasteiger partial charge in [-0.3, -0.25) is 0 Å². The minimum absolute atomic E-state index is 0.180. The van der Waals surface area contributed by atoms with Gasteiger partial charge < -0.3 is 4.74 Å². The molecule has 1 aromatic rings. The second-order valence-electron chi connectivity index (χ2n) is 4.80. The van der Waals surface area contributed by atoms with Crippen LogP contribution >= 0.6 is 0 Å². The van der Waals surface area contributed by atoms with Crippen molar-refractivity contribution < 1.29 is 22.7 Å². The standard InChI is InChI=1S/C13H14F3NO2/c1-12(2,3)19-11(18)17-10(13(14,15)16)9-7-5-4-6-8-9/h4-8H,1-3H3/b17-10-. The van der Waals surface area contributed by atoms with Gasteiger partial charge in [-0.1, -0.05) is 30.3 Å². The van der Waals surface area contributed by atoms with E-state index in [-0.39, 0.29) is 5.56 Å². The molecule has 0 aliphatic rings. The van der Waals surface area contributed by atoms with Crippen molar-refractivity contribution in [3.05, 3.63) is 35.9 Å². The molecule has 1 rings (SSSR count). The highest BCUT2D eigenvalue weighted by Gasteiger charge is 2.38. The molecule has 6 heteroatoms. The Morgan fingerprint density at radius 1 is 1.11 bits per heavy atom. The Bertz CT molecular complexity index is 473. The lowest BCUT2D eigenvalue weighted by molar-refractivity contribution is -0.0584. The van der Waals surface area contributed by atoms with Crippen LogP contribution in [0.4, 0.5) is 18.0 Å². The van der Waals surface area contributed by atoms with Crippen molar-refractivity contribution in [2.45, 2.75) is 32.5 Å². The summed E-state index contributed by atoms with van der Waals surface area (Å²) in [5.41, 5.74) is -2.34. The van der Waals surface area contributed by atoms with E-state index in [1.54, 1.807) is 26.8 Å². The SMILES string of the molecule is CC(C)(C)OC(=O)/N=C(/c1ccccc1)C(F)(F)F. The van der Waals surface area contributed by atoms with Gasteiger partial charge in [0.2, 0.25) is 0 Å². The van der Waals surface area contributed by atoms with E-state index in [0.717, 1.165) is 0 Å². The summed E-state index contributed by atoms with van der Waals surface area (Å²) in [6.07, 6.45) is -5.98. The van der Waals surface area contributed by atoms with Crippen molar-refractivity contribution in [3.63, 3.8) is 0 Å². The number of benzene rings is 1. The molecule has 104 valence electrons. The lowest BCUT2D eigenvalue weighted by Crippen LogP contribution is -2.28. The highest BCUT2D eigenvalue weighted by atomic mass is 19.4. The number of hydrogen-bond acceptors (Lipinski definition) is 2. The van der Waals surface area contributed by atoms with E-state index in [4.69, 9.17) is 4.74 Å². The first kappa shape index (κ1) is 15.2. The number of ether oxygens (including phenoxy) is 1. The molecule has 0 fully saturated rings. The van der Waals surface area contributed by atoms with Gasteiger partial charge in [0, 0.05) is 5.56 Å². The van der Waals surface area contributed by atoms with Crippen LogP contribution in [0.15, 0.2) is 35.3 Å². The highest BCUT2D eigenvalue weighted by Crippen LogP contribution is 2.23. The molecular formula is C13H14F3NO2. The number of aliphatic imine (C=N–C) groups is 1. The summed E-state index contributed by atoms with van der Waals surface area (Å²) in [4.78, 5) is 14.4. The third-order valence-corrected chi connectivity index (χ3v) is 1.91. The first-order valence-electron chi connectivity index (χ1n) is 5.54. The molecule has 0 bridgehead atoms. The van der Waals surface area contributed by atoms with Crippen LogP contribution in [-0.2, 0) is 4.74 Å². The Hall–Kier alpha value is -1.85. The van der Waals surface area contributed by atoms with E-state index in [1.165, 1.54) is 24.3 Å². The number of rotatable bonds is 1. The summed E-state index contributed by atoms with van der Waals surface area (Å²) in [7, 11) is 0. The summed E-state index contributed by atoms with van der Waals surface area (Å²) in [5.74, 6) is 0. The summed E-state index contributed by atoms with van der Waals surface area (Å²) in [5, 5.41) is 0. The Morgan fingerprint density at radius 3 is 2.05 bits per heavy atom. The Morgan fingerprint density at radius 2 is 1.63 bits per heavy atom. The summed E-state index contributed by atoms with van der Waals surface area (Å²) in [6.45, 7) is 4.66. The monoisotopic (exact) mass is 273 g/mol. The summed E-state index contributed by atoms with van der Waals surface area (Å²) in [6, 6.07) is 6.91. The number of alkyl halides is 3. The zero-order chi connectivity index (χ0) is 14.7. The van der Waals surface area contributed by atoms with Crippen LogP contribution in [0.25, 0.3) is 0 Å². The molecule has 0 aliphatic heterocycles. The number of halogens is 3.